The molecule has 1 aromatic heterocycles. The minimum Gasteiger partial charge on any atom is -0.256 e. The summed E-state index contributed by atoms with van der Waals surface area (Å²) in [5, 5.41) is 0. The Labute approximate surface area is 84.0 Å². The van der Waals surface area contributed by atoms with Gasteiger partial charge in [0, 0.05) is 6.54 Å². The van der Waals surface area contributed by atoms with E-state index in [1.54, 1.807) is 0 Å². The molecule has 0 atom stereocenters. The standard InChI is InChI=1S/C8H13NO2S2/c1-2-3-4-5-6-9-7(10)12-13-8(9)11/h2-6H2,1H3. The molecule has 0 fully saturated rings. The summed E-state index contributed by atoms with van der Waals surface area (Å²) in [5.41, 5.74) is 0. The number of rotatable bonds is 5. The second-order valence-corrected chi connectivity index (χ2v) is 4.94. The molecule has 1 rings (SSSR count). The van der Waals surface area contributed by atoms with Gasteiger partial charge in [-0.1, -0.05) is 26.2 Å². The third-order valence-corrected chi connectivity index (χ3v) is 3.78. The maximum atomic E-state index is 11.1. The minimum atomic E-state index is -0.105. The Morgan fingerprint density at radius 2 is 1.69 bits per heavy atom. The molecule has 0 N–H and O–H groups in total. The number of hydrogen-bond donors (Lipinski definition) is 0. The van der Waals surface area contributed by atoms with Gasteiger partial charge in [-0.15, -0.1) is 0 Å². The van der Waals surface area contributed by atoms with Gasteiger partial charge >= 0.3 is 9.75 Å². The number of unbranched alkanes of at least 4 members (excludes halogenated alkanes) is 3. The predicted octanol–water partition coefficient (Wildman–Crippen LogP) is 1.91. The zero-order valence-corrected chi connectivity index (χ0v) is 9.25. The normalized spacial score (nSPS) is 10.5. The Bertz CT molecular complexity index is 322. The van der Waals surface area contributed by atoms with E-state index in [0.29, 0.717) is 6.54 Å². The number of aromatic nitrogens is 1. The molecule has 1 aromatic rings. The molecule has 0 aliphatic heterocycles. The molecule has 0 unspecified atom stereocenters. The van der Waals surface area contributed by atoms with Gasteiger partial charge in [0.1, 0.15) is 0 Å². The molecular formula is C8H13NO2S2. The van der Waals surface area contributed by atoms with E-state index in [1.165, 1.54) is 17.4 Å². The molecule has 1 heterocycles. The van der Waals surface area contributed by atoms with Crippen molar-refractivity contribution < 1.29 is 0 Å². The summed E-state index contributed by atoms with van der Waals surface area (Å²) in [5.74, 6) is 0. The molecule has 0 saturated carbocycles. The SMILES string of the molecule is CCCCCCn1c(=O)ssc1=O. The molecule has 0 saturated heterocycles. The third kappa shape index (κ3) is 3.08. The lowest BCUT2D eigenvalue weighted by Gasteiger charge is -1.98. The van der Waals surface area contributed by atoms with Crippen LogP contribution < -0.4 is 9.75 Å². The van der Waals surface area contributed by atoms with Crippen LogP contribution in [0.25, 0.3) is 0 Å². The van der Waals surface area contributed by atoms with Gasteiger partial charge in [-0.05, 0) is 27.1 Å². The first-order valence-electron chi connectivity index (χ1n) is 4.45. The van der Waals surface area contributed by atoms with E-state index < -0.39 is 0 Å². The average Bonchev–Trinajstić information content (AvgIpc) is 2.42. The molecule has 0 spiro atoms. The smallest absolute Gasteiger partial charge is 0.256 e. The van der Waals surface area contributed by atoms with E-state index in [2.05, 4.69) is 6.92 Å². The summed E-state index contributed by atoms with van der Waals surface area (Å²) in [4.78, 5) is 22.0. The van der Waals surface area contributed by atoms with Crippen LogP contribution in [0, 0.1) is 0 Å². The molecule has 0 bridgehead atoms. The monoisotopic (exact) mass is 219 g/mol. The first-order chi connectivity index (χ1) is 6.25. The van der Waals surface area contributed by atoms with Crippen LogP contribution >= 0.6 is 20.7 Å². The second kappa shape index (κ2) is 5.34. The van der Waals surface area contributed by atoms with Crippen LogP contribution in [-0.2, 0) is 6.54 Å². The van der Waals surface area contributed by atoms with Gasteiger partial charge in [-0.25, -0.2) is 0 Å². The van der Waals surface area contributed by atoms with Crippen LogP contribution in [0.15, 0.2) is 9.59 Å². The molecule has 0 radical (unpaired) electrons. The van der Waals surface area contributed by atoms with Crippen molar-refractivity contribution in [2.75, 3.05) is 0 Å². The Morgan fingerprint density at radius 3 is 2.23 bits per heavy atom. The lowest BCUT2D eigenvalue weighted by atomic mass is 10.2. The van der Waals surface area contributed by atoms with Crippen molar-refractivity contribution in [3.63, 3.8) is 0 Å². The quantitative estimate of drug-likeness (QED) is 0.560. The topological polar surface area (TPSA) is 39.1 Å². The second-order valence-electron chi connectivity index (χ2n) is 2.91. The highest BCUT2D eigenvalue weighted by atomic mass is 32.9. The molecule has 0 aromatic carbocycles. The van der Waals surface area contributed by atoms with Crippen molar-refractivity contribution in [3.8, 4) is 0 Å². The molecule has 0 amide bonds. The summed E-state index contributed by atoms with van der Waals surface area (Å²) in [6, 6.07) is 0. The fraction of sp³-hybridized carbons (Fsp3) is 0.750. The predicted molar refractivity (Wildman–Crippen MR) is 56.9 cm³/mol. The first kappa shape index (κ1) is 10.7. The van der Waals surface area contributed by atoms with Crippen molar-refractivity contribution in [2.24, 2.45) is 0 Å². The molecule has 5 heteroatoms. The van der Waals surface area contributed by atoms with Crippen molar-refractivity contribution in [1.29, 1.82) is 0 Å². The van der Waals surface area contributed by atoms with E-state index >= 15 is 0 Å². The van der Waals surface area contributed by atoms with Crippen LogP contribution in [-0.4, -0.2) is 4.57 Å². The molecule has 0 aliphatic carbocycles. The van der Waals surface area contributed by atoms with Crippen molar-refractivity contribution in [1.82, 2.24) is 4.57 Å². The van der Waals surface area contributed by atoms with E-state index in [0.717, 1.165) is 33.5 Å². The zero-order chi connectivity index (χ0) is 9.68. The van der Waals surface area contributed by atoms with Gasteiger partial charge in [-0.2, -0.15) is 0 Å². The Balaban J connectivity index is 2.45. The van der Waals surface area contributed by atoms with Gasteiger partial charge in [0.15, 0.2) is 0 Å². The minimum absolute atomic E-state index is 0.105. The summed E-state index contributed by atoms with van der Waals surface area (Å²) in [7, 11) is 2.06. The van der Waals surface area contributed by atoms with Crippen LogP contribution in [0.3, 0.4) is 0 Å². The van der Waals surface area contributed by atoms with Crippen LogP contribution in [0.5, 0.6) is 0 Å². The average molecular weight is 219 g/mol. The van der Waals surface area contributed by atoms with Crippen molar-refractivity contribution in [2.45, 2.75) is 39.2 Å². The number of nitrogens with zero attached hydrogens (tertiary/aromatic N) is 1. The van der Waals surface area contributed by atoms with Crippen molar-refractivity contribution >= 4 is 20.7 Å². The molecular weight excluding hydrogens is 206 g/mol. The highest BCUT2D eigenvalue weighted by molar-refractivity contribution is 7.67. The van der Waals surface area contributed by atoms with Crippen LogP contribution in [0.2, 0.25) is 0 Å². The highest BCUT2D eigenvalue weighted by Gasteiger charge is 2.02. The van der Waals surface area contributed by atoms with E-state index in [9.17, 15) is 9.59 Å². The zero-order valence-electron chi connectivity index (χ0n) is 7.62. The Morgan fingerprint density at radius 1 is 1.08 bits per heavy atom. The van der Waals surface area contributed by atoms with E-state index in [1.807, 2.05) is 0 Å². The highest BCUT2D eigenvalue weighted by Crippen LogP contribution is 2.00. The summed E-state index contributed by atoms with van der Waals surface area (Å²) in [6.45, 7) is 2.73. The van der Waals surface area contributed by atoms with Gasteiger partial charge in [0.2, 0.25) is 0 Å². The van der Waals surface area contributed by atoms with Crippen LogP contribution in [0.4, 0.5) is 0 Å². The Kier molecular flexibility index (Phi) is 4.38. The van der Waals surface area contributed by atoms with Crippen molar-refractivity contribution in [3.05, 3.63) is 19.3 Å². The summed E-state index contributed by atoms with van der Waals surface area (Å²) in [6.07, 6.45) is 4.39. The van der Waals surface area contributed by atoms with Gasteiger partial charge in [0.05, 0.1) is 0 Å². The number of hydrogen-bond acceptors (Lipinski definition) is 4. The first-order valence-corrected chi connectivity index (χ1v) is 6.60. The van der Waals surface area contributed by atoms with Gasteiger partial charge in [0.25, 0.3) is 0 Å². The molecule has 0 aliphatic rings. The van der Waals surface area contributed by atoms with Gasteiger partial charge in [-0.3, -0.25) is 14.2 Å². The lowest BCUT2D eigenvalue weighted by Crippen LogP contribution is -2.23. The van der Waals surface area contributed by atoms with E-state index in [-0.39, 0.29) is 9.75 Å². The maximum Gasteiger partial charge on any atom is 0.320 e. The molecule has 13 heavy (non-hydrogen) atoms. The maximum absolute atomic E-state index is 11.1. The van der Waals surface area contributed by atoms with E-state index in [4.69, 9.17) is 0 Å². The van der Waals surface area contributed by atoms with Gasteiger partial charge < -0.3 is 0 Å². The fourth-order valence-electron chi connectivity index (χ4n) is 1.12. The summed E-state index contributed by atoms with van der Waals surface area (Å²) >= 11 is 0. The largest absolute Gasteiger partial charge is 0.320 e. The lowest BCUT2D eigenvalue weighted by molar-refractivity contribution is 0.571. The van der Waals surface area contributed by atoms with Crippen LogP contribution in [0.1, 0.15) is 32.6 Å². The molecule has 3 nitrogen and oxygen atoms in total. The summed E-state index contributed by atoms with van der Waals surface area (Å²) < 4.78 is 1.34. The Hall–Kier alpha value is -0.420. The fourth-order valence-corrected chi connectivity index (χ4v) is 2.81. The molecule has 74 valence electrons. The third-order valence-electron chi connectivity index (χ3n) is 1.86.